The van der Waals surface area contributed by atoms with Crippen molar-refractivity contribution in [3.8, 4) is 11.8 Å². The van der Waals surface area contributed by atoms with E-state index >= 15 is 0 Å². The third kappa shape index (κ3) is 1.91. The number of carbonyl (C=O) groups is 1. The monoisotopic (exact) mass is 192 g/mol. The minimum Gasteiger partial charge on any atom is -0.330 e. The third-order valence-electron chi connectivity index (χ3n) is 3.04. The maximum atomic E-state index is 11.6. The number of hydrogen-bond donors (Lipinski definition) is 1. The van der Waals surface area contributed by atoms with Gasteiger partial charge in [-0.3, -0.25) is 4.79 Å². The molecule has 2 bridgehead atoms. The van der Waals surface area contributed by atoms with Gasteiger partial charge in [-0.25, -0.2) is 0 Å². The fraction of sp³-hybridized carbons (Fsp3) is 0.727. The predicted molar refractivity (Wildman–Crippen MR) is 54.6 cm³/mol. The second-order valence-electron chi connectivity index (χ2n) is 4.05. The van der Waals surface area contributed by atoms with Gasteiger partial charge in [-0.2, -0.15) is 0 Å². The van der Waals surface area contributed by atoms with Gasteiger partial charge >= 0.3 is 0 Å². The molecule has 0 spiro atoms. The highest BCUT2D eigenvalue weighted by Crippen LogP contribution is 2.20. The van der Waals surface area contributed by atoms with Crippen molar-refractivity contribution in [2.24, 2.45) is 0 Å². The van der Waals surface area contributed by atoms with Crippen LogP contribution in [0.1, 0.15) is 26.2 Å². The van der Waals surface area contributed by atoms with Crippen LogP contribution in [0.2, 0.25) is 0 Å². The number of carbonyl (C=O) groups excluding carboxylic acids is 1. The van der Waals surface area contributed by atoms with E-state index in [1.165, 1.54) is 12.8 Å². The molecule has 0 aromatic heterocycles. The number of amides is 1. The number of hydrogen-bond acceptors (Lipinski definition) is 2. The van der Waals surface area contributed by atoms with E-state index in [9.17, 15) is 4.79 Å². The molecule has 2 aliphatic heterocycles. The number of nitrogens with zero attached hydrogens (tertiary/aromatic N) is 1. The van der Waals surface area contributed by atoms with E-state index in [0.717, 1.165) is 19.5 Å². The first-order chi connectivity index (χ1) is 6.79. The molecule has 2 atom stereocenters. The van der Waals surface area contributed by atoms with Crippen LogP contribution in [0.25, 0.3) is 0 Å². The van der Waals surface area contributed by atoms with Gasteiger partial charge in [-0.1, -0.05) is 5.92 Å². The lowest BCUT2D eigenvalue weighted by Crippen LogP contribution is -2.38. The van der Waals surface area contributed by atoms with E-state index < -0.39 is 0 Å². The maximum absolute atomic E-state index is 11.6. The van der Waals surface area contributed by atoms with Gasteiger partial charge in [0.05, 0.1) is 0 Å². The number of likely N-dealkylation sites (tertiary alicyclic amines) is 1. The summed E-state index contributed by atoms with van der Waals surface area (Å²) in [6.07, 6.45) is 3.55. The summed E-state index contributed by atoms with van der Waals surface area (Å²) in [7, 11) is 0. The smallest absolute Gasteiger partial charge is 0.298 e. The summed E-state index contributed by atoms with van der Waals surface area (Å²) < 4.78 is 0. The molecule has 0 radical (unpaired) electrons. The first kappa shape index (κ1) is 9.54. The summed E-state index contributed by atoms with van der Waals surface area (Å²) in [5.41, 5.74) is 0. The van der Waals surface area contributed by atoms with E-state index in [1.807, 2.05) is 4.90 Å². The van der Waals surface area contributed by atoms with Crippen LogP contribution in [-0.4, -0.2) is 36.0 Å². The van der Waals surface area contributed by atoms with Crippen LogP contribution in [0.15, 0.2) is 0 Å². The highest BCUT2D eigenvalue weighted by atomic mass is 16.2. The normalized spacial score (nSPS) is 30.5. The van der Waals surface area contributed by atoms with Crippen LogP contribution in [0.3, 0.4) is 0 Å². The van der Waals surface area contributed by atoms with Crippen molar-refractivity contribution in [3.05, 3.63) is 0 Å². The molecule has 3 nitrogen and oxygen atoms in total. The van der Waals surface area contributed by atoms with Gasteiger partial charge < -0.3 is 10.2 Å². The quantitative estimate of drug-likeness (QED) is 0.562. The maximum Gasteiger partial charge on any atom is 0.298 e. The summed E-state index contributed by atoms with van der Waals surface area (Å²) in [6.45, 7) is 3.41. The topological polar surface area (TPSA) is 32.3 Å². The average Bonchev–Trinajstić information content (AvgIpc) is 2.46. The van der Waals surface area contributed by atoms with Gasteiger partial charge in [-0.05, 0) is 32.1 Å². The van der Waals surface area contributed by atoms with Crippen molar-refractivity contribution < 1.29 is 4.79 Å². The Kier molecular flexibility index (Phi) is 2.74. The molecule has 2 aliphatic rings. The molecular weight excluding hydrogens is 176 g/mol. The lowest BCUT2D eigenvalue weighted by atomic mass is 10.1. The predicted octanol–water partition coefficient (Wildman–Crippen LogP) is 0.363. The molecule has 3 heteroatoms. The Morgan fingerprint density at radius 1 is 1.36 bits per heavy atom. The summed E-state index contributed by atoms with van der Waals surface area (Å²) in [5, 5.41) is 3.54. The molecule has 0 aromatic carbocycles. The number of fused-ring (bicyclic) bond motifs is 2. The van der Waals surface area contributed by atoms with Crippen LogP contribution >= 0.6 is 0 Å². The zero-order valence-corrected chi connectivity index (χ0v) is 8.55. The minimum absolute atomic E-state index is 0.0122. The molecule has 2 heterocycles. The van der Waals surface area contributed by atoms with Crippen LogP contribution in [0, 0.1) is 11.8 Å². The van der Waals surface area contributed by atoms with Gasteiger partial charge in [0.15, 0.2) is 0 Å². The minimum atomic E-state index is -0.0122. The van der Waals surface area contributed by atoms with Crippen LogP contribution in [0.4, 0.5) is 0 Å². The van der Waals surface area contributed by atoms with Gasteiger partial charge in [0, 0.05) is 25.2 Å². The van der Waals surface area contributed by atoms with Gasteiger partial charge in [0.2, 0.25) is 0 Å². The van der Waals surface area contributed by atoms with Crippen LogP contribution in [0.5, 0.6) is 0 Å². The Hall–Kier alpha value is -1.01. The largest absolute Gasteiger partial charge is 0.330 e. The second kappa shape index (κ2) is 4.02. The van der Waals surface area contributed by atoms with E-state index in [4.69, 9.17) is 0 Å². The molecule has 76 valence electrons. The van der Waals surface area contributed by atoms with Gasteiger partial charge in [0.25, 0.3) is 5.91 Å². The van der Waals surface area contributed by atoms with Crippen molar-refractivity contribution >= 4 is 5.91 Å². The number of nitrogens with one attached hydrogen (secondary N) is 1. The van der Waals surface area contributed by atoms with Crippen molar-refractivity contribution in [3.63, 3.8) is 0 Å². The Bertz CT molecular complexity index is 289. The van der Waals surface area contributed by atoms with Crippen molar-refractivity contribution in [2.45, 2.75) is 38.3 Å². The Morgan fingerprint density at radius 2 is 2.14 bits per heavy atom. The first-order valence-corrected chi connectivity index (χ1v) is 5.27. The summed E-state index contributed by atoms with van der Waals surface area (Å²) >= 11 is 0. The van der Waals surface area contributed by atoms with Crippen LogP contribution in [-0.2, 0) is 4.79 Å². The van der Waals surface area contributed by atoms with Crippen molar-refractivity contribution in [1.82, 2.24) is 10.2 Å². The lowest BCUT2D eigenvalue weighted by Gasteiger charge is -2.21. The lowest BCUT2D eigenvalue weighted by molar-refractivity contribution is -0.125. The van der Waals surface area contributed by atoms with E-state index in [-0.39, 0.29) is 5.91 Å². The molecule has 14 heavy (non-hydrogen) atoms. The molecule has 1 amide bonds. The van der Waals surface area contributed by atoms with Gasteiger partial charge in [-0.15, -0.1) is 0 Å². The summed E-state index contributed by atoms with van der Waals surface area (Å²) in [5.74, 6) is 5.27. The number of rotatable bonds is 0. The van der Waals surface area contributed by atoms with Crippen LogP contribution < -0.4 is 5.32 Å². The fourth-order valence-corrected chi connectivity index (χ4v) is 2.31. The average molecular weight is 192 g/mol. The summed E-state index contributed by atoms with van der Waals surface area (Å²) in [4.78, 5) is 13.4. The van der Waals surface area contributed by atoms with E-state index in [1.54, 1.807) is 6.92 Å². The molecule has 0 aromatic rings. The van der Waals surface area contributed by atoms with E-state index in [2.05, 4.69) is 17.2 Å². The highest BCUT2D eigenvalue weighted by molar-refractivity contribution is 5.93. The molecule has 2 fully saturated rings. The molecular formula is C11H16N2O. The standard InChI is InChI=1S/C11H16N2O/c1-2-3-11(14)13-7-6-9-4-5-10(8-13)12-9/h9-10,12H,4-8H2,1H3. The van der Waals surface area contributed by atoms with E-state index in [0.29, 0.717) is 12.1 Å². The van der Waals surface area contributed by atoms with Gasteiger partial charge in [0.1, 0.15) is 0 Å². The zero-order valence-electron chi connectivity index (χ0n) is 8.55. The molecule has 2 saturated heterocycles. The SMILES string of the molecule is CC#CC(=O)N1CCC2CCC(C1)N2. The Morgan fingerprint density at radius 3 is 2.93 bits per heavy atom. The fourth-order valence-electron chi connectivity index (χ4n) is 2.31. The Labute approximate surface area is 84.8 Å². The molecule has 0 saturated carbocycles. The van der Waals surface area contributed by atoms with Crippen molar-refractivity contribution in [1.29, 1.82) is 0 Å². The molecule has 2 rings (SSSR count). The first-order valence-electron chi connectivity index (χ1n) is 5.27. The third-order valence-corrected chi connectivity index (χ3v) is 3.04. The Balaban J connectivity index is 2.00. The zero-order chi connectivity index (χ0) is 9.97. The molecule has 1 N–H and O–H groups in total. The highest BCUT2D eigenvalue weighted by Gasteiger charge is 2.30. The van der Waals surface area contributed by atoms with Crippen molar-refractivity contribution in [2.75, 3.05) is 13.1 Å². The molecule has 2 unspecified atom stereocenters. The second-order valence-corrected chi connectivity index (χ2v) is 4.05. The molecule has 0 aliphatic carbocycles. The summed E-state index contributed by atoms with van der Waals surface area (Å²) in [6, 6.07) is 1.14.